The molecule has 0 radical (unpaired) electrons. The second kappa shape index (κ2) is 4.45. The Morgan fingerprint density at radius 3 is 2.56 bits per heavy atom. The van der Waals surface area contributed by atoms with Crippen LogP contribution in [-0.4, -0.2) is 11.1 Å². The van der Waals surface area contributed by atoms with Crippen molar-refractivity contribution in [2.24, 2.45) is 0 Å². The molecule has 0 bridgehead atoms. The van der Waals surface area contributed by atoms with E-state index in [0.29, 0.717) is 10.0 Å². The van der Waals surface area contributed by atoms with E-state index in [1.165, 1.54) is 11.3 Å². The predicted molar refractivity (Wildman–Crippen MR) is 66.7 cm³/mol. The summed E-state index contributed by atoms with van der Waals surface area (Å²) >= 11 is 13.1. The van der Waals surface area contributed by atoms with Gasteiger partial charge in [0.15, 0.2) is 0 Å². The first-order valence-electron chi connectivity index (χ1n) is 4.36. The molecule has 2 aromatic rings. The summed E-state index contributed by atoms with van der Waals surface area (Å²) in [7, 11) is 0. The van der Waals surface area contributed by atoms with Gasteiger partial charge >= 0.3 is 5.97 Å². The first-order chi connectivity index (χ1) is 7.58. The van der Waals surface area contributed by atoms with E-state index in [-0.39, 0.29) is 4.88 Å². The molecule has 1 N–H and O–H groups in total. The van der Waals surface area contributed by atoms with Crippen LogP contribution in [0.4, 0.5) is 0 Å². The number of aromatic carboxylic acids is 1. The van der Waals surface area contributed by atoms with E-state index in [1.54, 1.807) is 30.3 Å². The molecule has 2 rings (SSSR count). The number of carboxylic acids is 1. The summed E-state index contributed by atoms with van der Waals surface area (Å²) in [6.07, 6.45) is 0. The van der Waals surface area contributed by atoms with E-state index in [9.17, 15) is 4.79 Å². The highest BCUT2D eigenvalue weighted by atomic mass is 35.5. The van der Waals surface area contributed by atoms with Crippen molar-refractivity contribution in [3.63, 3.8) is 0 Å². The van der Waals surface area contributed by atoms with Crippen molar-refractivity contribution in [3.05, 3.63) is 45.3 Å². The number of thiophene rings is 1. The Balaban J connectivity index is 2.50. The molecule has 0 aliphatic rings. The van der Waals surface area contributed by atoms with Gasteiger partial charge in [-0.3, -0.25) is 0 Å². The number of benzene rings is 1. The van der Waals surface area contributed by atoms with Gasteiger partial charge in [-0.1, -0.05) is 23.2 Å². The van der Waals surface area contributed by atoms with Crippen molar-refractivity contribution in [1.29, 1.82) is 0 Å². The maximum atomic E-state index is 10.7. The fraction of sp³-hybridized carbons (Fsp3) is 0. The summed E-state index contributed by atoms with van der Waals surface area (Å²) in [6, 6.07) is 8.39. The van der Waals surface area contributed by atoms with Gasteiger partial charge in [-0.15, -0.1) is 11.3 Å². The van der Waals surface area contributed by atoms with Crippen LogP contribution in [0.5, 0.6) is 0 Å². The number of rotatable bonds is 2. The van der Waals surface area contributed by atoms with Gasteiger partial charge in [0, 0.05) is 20.5 Å². The van der Waals surface area contributed by atoms with Crippen LogP contribution in [-0.2, 0) is 0 Å². The highest BCUT2D eigenvalue weighted by molar-refractivity contribution is 7.17. The molecule has 16 heavy (non-hydrogen) atoms. The zero-order chi connectivity index (χ0) is 11.7. The van der Waals surface area contributed by atoms with E-state index in [0.717, 1.165) is 10.4 Å². The second-order valence-corrected chi connectivity index (χ2v) is 5.02. The quantitative estimate of drug-likeness (QED) is 0.879. The number of hydrogen-bond acceptors (Lipinski definition) is 2. The molecular weight excluding hydrogens is 267 g/mol. The summed E-state index contributed by atoms with van der Waals surface area (Å²) in [5.74, 6) is -0.936. The van der Waals surface area contributed by atoms with Crippen LogP contribution in [0, 0.1) is 0 Å². The lowest BCUT2D eigenvalue weighted by Crippen LogP contribution is -1.89. The smallest absolute Gasteiger partial charge is 0.345 e. The molecule has 1 heterocycles. The molecule has 0 fully saturated rings. The standard InChI is InChI=1S/C11H6Cl2O2S/c12-6-1-2-8(13)7(5-6)9-3-4-10(16-9)11(14)15/h1-5H,(H,14,15). The Labute approximate surface area is 106 Å². The van der Waals surface area contributed by atoms with Crippen LogP contribution in [0.15, 0.2) is 30.3 Å². The molecule has 1 aromatic carbocycles. The molecule has 0 unspecified atom stereocenters. The Morgan fingerprint density at radius 2 is 1.94 bits per heavy atom. The molecule has 0 atom stereocenters. The zero-order valence-corrected chi connectivity index (χ0v) is 10.2. The van der Waals surface area contributed by atoms with Gasteiger partial charge in [-0.05, 0) is 30.3 Å². The molecule has 0 spiro atoms. The topological polar surface area (TPSA) is 37.3 Å². The van der Waals surface area contributed by atoms with E-state index in [1.807, 2.05) is 0 Å². The monoisotopic (exact) mass is 272 g/mol. The molecule has 0 saturated carbocycles. The predicted octanol–water partition coefficient (Wildman–Crippen LogP) is 4.42. The maximum absolute atomic E-state index is 10.7. The van der Waals surface area contributed by atoms with Gasteiger partial charge in [0.25, 0.3) is 0 Å². The minimum Gasteiger partial charge on any atom is -0.477 e. The minimum atomic E-state index is -0.936. The van der Waals surface area contributed by atoms with Gasteiger partial charge in [0.2, 0.25) is 0 Å². The molecule has 0 saturated heterocycles. The normalized spacial score (nSPS) is 10.4. The summed E-state index contributed by atoms with van der Waals surface area (Å²) in [4.78, 5) is 11.8. The van der Waals surface area contributed by atoms with Crippen molar-refractivity contribution in [2.75, 3.05) is 0 Å². The average molecular weight is 273 g/mol. The van der Waals surface area contributed by atoms with Crippen molar-refractivity contribution >= 4 is 40.5 Å². The Bertz CT molecular complexity index is 549. The van der Waals surface area contributed by atoms with Crippen LogP contribution in [0.25, 0.3) is 10.4 Å². The summed E-state index contributed by atoms with van der Waals surface area (Å²) in [5, 5.41) is 9.95. The third kappa shape index (κ3) is 2.21. The van der Waals surface area contributed by atoms with Crippen LogP contribution < -0.4 is 0 Å². The Morgan fingerprint density at radius 1 is 1.19 bits per heavy atom. The summed E-state index contributed by atoms with van der Waals surface area (Å²) < 4.78 is 0. The molecule has 0 aliphatic heterocycles. The van der Waals surface area contributed by atoms with Crippen molar-refractivity contribution < 1.29 is 9.90 Å². The van der Waals surface area contributed by atoms with E-state index >= 15 is 0 Å². The third-order valence-electron chi connectivity index (χ3n) is 2.01. The van der Waals surface area contributed by atoms with E-state index in [2.05, 4.69) is 0 Å². The van der Waals surface area contributed by atoms with Crippen LogP contribution in [0.1, 0.15) is 9.67 Å². The Kier molecular flexibility index (Phi) is 3.19. The minimum absolute atomic E-state index is 0.283. The lowest BCUT2D eigenvalue weighted by atomic mass is 10.2. The van der Waals surface area contributed by atoms with Gasteiger partial charge in [0.05, 0.1) is 0 Å². The summed E-state index contributed by atoms with van der Waals surface area (Å²) in [6.45, 7) is 0. The average Bonchev–Trinajstić information content (AvgIpc) is 2.70. The molecule has 0 amide bonds. The van der Waals surface area contributed by atoms with Gasteiger partial charge in [-0.2, -0.15) is 0 Å². The molecule has 2 nitrogen and oxygen atoms in total. The van der Waals surface area contributed by atoms with Crippen LogP contribution in [0.3, 0.4) is 0 Å². The largest absolute Gasteiger partial charge is 0.477 e. The third-order valence-corrected chi connectivity index (χ3v) is 3.68. The lowest BCUT2D eigenvalue weighted by Gasteiger charge is -2.01. The van der Waals surface area contributed by atoms with Gasteiger partial charge < -0.3 is 5.11 Å². The number of hydrogen-bond donors (Lipinski definition) is 1. The molecule has 1 aromatic heterocycles. The van der Waals surface area contributed by atoms with E-state index < -0.39 is 5.97 Å². The first-order valence-corrected chi connectivity index (χ1v) is 5.94. The first kappa shape index (κ1) is 11.5. The SMILES string of the molecule is O=C(O)c1ccc(-c2cc(Cl)ccc2Cl)s1. The van der Waals surface area contributed by atoms with Gasteiger partial charge in [0.1, 0.15) is 4.88 Å². The highest BCUT2D eigenvalue weighted by Gasteiger charge is 2.11. The molecule has 82 valence electrons. The Hall–Kier alpha value is -1.03. The fourth-order valence-corrected chi connectivity index (χ4v) is 2.61. The van der Waals surface area contributed by atoms with Crippen LogP contribution >= 0.6 is 34.5 Å². The number of carboxylic acid groups (broad SMARTS) is 1. The van der Waals surface area contributed by atoms with E-state index in [4.69, 9.17) is 28.3 Å². The van der Waals surface area contributed by atoms with Crippen molar-refractivity contribution in [1.82, 2.24) is 0 Å². The number of carbonyl (C=O) groups is 1. The molecular formula is C11H6Cl2O2S. The maximum Gasteiger partial charge on any atom is 0.345 e. The summed E-state index contributed by atoms with van der Waals surface area (Å²) in [5.41, 5.74) is 0.756. The zero-order valence-electron chi connectivity index (χ0n) is 7.91. The van der Waals surface area contributed by atoms with Gasteiger partial charge in [-0.25, -0.2) is 4.79 Å². The van der Waals surface area contributed by atoms with Crippen molar-refractivity contribution in [2.45, 2.75) is 0 Å². The van der Waals surface area contributed by atoms with Crippen molar-refractivity contribution in [3.8, 4) is 10.4 Å². The number of halogens is 2. The van der Waals surface area contributed by atoms with Crippen LogP contribution in [0.2, 0.25) is 10.0 Å². The second-order valence-electron chi connectivity index (χ2n) is 3.09. The molecule has 0 aliphatic carbocycles. The lowest BCUT2D eigenvalue weighted by molar-refractivity contribution is 0.0702. The molecule has 5 heteroatoms. The fourth-order valence-electron chi connectivity index (χ4n) is 1.28. The highest BCUT2D eigenvalue weighted by Crippen LogP contribution is 2.35.